The van der Waals surface area contributed by atoms with Gasteiger partial charge in [-0.1, -0.05) is 0 Å². The number of fused-ring (bicyclic) bond motifs is 1. The highest BCUT2D eigenvalue weighted by Crippen LogP contribution is 2.29. The summed E-state index contributed by atoms with van der Waals surface area (Å²) >= 11 is 1.76. The second-order valence-corrected chi connectivity index (χ2v) is 7.37. The smallest absolute Gasteiger partial charge is 0.331 e. The SMILES string of the molecule is CCOC(=O)C1(NC(=O)Cc2c[nH]c3ccc(F)cc23)CCSCC1. The van der Waals surface area contributed by atoms with Crippen molar-refractivity contribution in [2.45, 2.75) is 31.7 Å². The van der Waals surface area contributed by atoms with E-state index >= 15 is 0 Å². The quantitative estimate of drug-likeness (QED) is 0.801. The van der Waals surface area contributed by atoms with Crippen molar-refractivity contribution in [3.63, 3.8) is 0 Å². The van der Waals surface area contributed by atoms with Gasteiger partial charge in [0.1, 0.15) is 11.4 Å². The first kappa shape index (κ1) is 17.8. The number of hydrogen-bond acceptors (Lipinski definition) is 4. The Morgan fingerprint density at radius 3 is 2.84 bits per heavy atom. The Balaban J connectivity index is 1.77. The fourth-order valence-electron chi connectivity index (χ4n) is 3.15. The molecule has 2 heterocycles. The van der Waals surface area contributed by atoms with E-state index in [2.05, 4.69) is 10.3 Å². The molecule has 0 unspecified atom stereocenters. The van der Waals surface area contributed by atoms with E-state index < -0.39 is 5.54 Å². The molecular formula is C18H21FN2O3S. The van der Waals surface area contributed by atoms with Crippen molar-refractivity contribution in [3.8, 4) is 0 Å². The molecule has 2 aromatic rings. The number of esters is 1. The molecule has 2 N–H and O–H groups in total. The van der Waals surface area contributed by atoms with Crippen LogP contribution in [0.25, 0.3) is 10.9 Å². The second-order valence-electron chi connectivity index (χ2n) is 6.14. The summed E-state index contributed by atoms with van der Waals surface area (Å²) in [5.74, 6) is 0.634. The van der Waals surface area contributed by atoms with Gasteiger partial charge >= 0.3 is 5.97 Å². The second kappa shape index (κ2) is 7.47. The molecule has 1 amide bonds. The zero-order valence-corrected chi connectivity index (χ0v) is 14.9. The zero-order valence-electron chi connectivity index (χ0n) is 14.1. The van der Waals surface area contributed by atoms with Crippen molar-refractivity contribution in [3.05, 3.63) is 35.8 Å². The fraction of sp³-hybridized carbons (Fsp3) is 0.444. The fourth-order valence-corrected chi connectivity index (χ4v) is 4.34. The molecular weight excluding hydrogens is 343 g/mol. The third-order valence-electron chi connectivity index (χ3n) is 4.47. The minimum atomic E-state index is -0.949. The Morgan fingerprint density at radius 2 is 2.12 bits per heavy atom. The van der Waals surface area contributed by atoms with E-state index in [1.807, 2.05) is 0 Å². The molecule has 0 saturated carbocycles. The standard InChI is InChI=1S/C18H21FN2O3S/c1-2-24-17(23)18(5-7-25-8-6-18)21-16(22)9-12-11-20-15-4-3-13(19)10-14(12)15/h3-4,10-11,20H,2,5-9H2,1H3,(H,21,22). The number of carbonyl (C=O) groups excluding carboxylic acids is 2. The molecule has 1 aromatic heterocycles. The van der Waals surface area contributed by atoms with Crippen LogP contribution in [0, 0.1) is 5.82 Å². The van der Waals surface area contributed by atoms with Gasteiger partial charge in [0.2, 0.25) is 5.91 Å². The number of H-pyrrole nitrogens is 1. The molecule has 25 heavy (non-hydrogen) atoms. The maximum Gasteiger partial charge on any atom is 0.331 e. The van der Waals surface area contributed by atoms with Crippen molar-refractivity contribution in [1.82, 2.24) is 10.3 Å². The molecule has 1 aliphatic heterocycles. The summed E-state index contributed by atoms with van der Waals surface area (Å²) in [7, 11) is 0. The zero-order chi connectivity index (χ0) is 17.9. The Labute approximate surface area is 149 Å². The van der Waals surface area contributed by atoms with Crippen LogP contribution < -0.4 is 5.32 Å². The maximum absolute atomic E-state index is 13.5. The van der Waals surface area contributed by atoms with Gasteiger partial charge in [-0.25, -0.2) is 9.18 Å². The van der Waals surface area contributed by atoms with Gasteiger partial charge in [-0.05, 0) is 55.0 Å². The van der Waals surface area contributed by atoms with E-state index in [0.29, 0.717) is 23.8 Å². The van der Waals surface area contributed by atoms with Crippen molar-refractivity contribution in [2.24, 2.45) is 0 Å². The Morgan fingerprint density at radius 1 is 1.36 bits per heavy atom. The topological polar surface area (TPSA) is 71.2 Å². The molecule has 1 aliphatic rings. The van der Waals surface area contributed by atoms with Gasteiger partial charge < -0.3 is 15.0 Å². The lowest BCUT2D eigenvalue weighted by atomic mass is 9.91. The van der Waals surface area contributed by atoms with Crippen LogP contribution in [0.5, 0.6) is 0 Å². The molecule has 3 rings (SSSR count). The van der Waals surface area contributed by atoms with Crippen LogP contribution in [0.3, 0.4) is 0 Å². The summed E-state index contributed by atoms with van der Waals surface area (Å²) in [5.41, 5.74) is 0.532. The lowest BCUT2D eigenvalue weighted by Gasteiger charge is -2.35. The van der Waals surface area contributed by atoms with Crippen LogP contribution in [-0.2, 0) is 20.7 Å². The van der Waals surface area contributed by atoms with E-state index in [4.69, 9.17) is 4.74 Å². The molecule has 134 valence electrons. The first-order valence-electron chi connectivity index (χ1n) is 8.35. The summed E-state index contributed by atoms with van der Waals surface area (Å²) in [5, 5.41) is 3.58. The molecule has 0 bridgehead atoms. The number of nitrogens with one attached hydrogen (secondary N) is 2. The third kappa shape index (κ3) is 3.81. The van der Waals surface area contributed by atoms with Crippen molar-refractivity contribution in [2.75, 3.05) is 18.1 Å². The molecule has 1 aromatic carbocycles. The number of benzene rings is 1. The first-order chi connectivity index (χ1) is 12.0. The van der Waals surface area contributed by atoms with Crippen LogP contribution in [0.2, 0.25) is 0 Å². The Hall–Kier alpha value is -2.02. The highest BCUT2D eigenvalue weighted by Gasteiger charge is 2.42. The number of ether oxygens (including phenoxy) is 1. The minimum Gasteiger partial charge on any atom is -0.464 e. The largest absolute Gasteiger partial charge is 0.464 e. The minimum absolute atomic E-state index is 0.0811. The number of carbonyl (C=O) groups is 2. The van der Waals surface area contributed by atoms with Crippen LogP contribution >= 0.6 is 11.8 Å². The molecule has 1 saturated heterocycles. The normalized spacial score (nSPS) is 16.6. The van der Waals surface area contributed by atoms with Crippen LogP contribution in [0.1, 0.15) is 25.3 Å². The van der Waals surface area contributed by atoms with Gasteiger partial charge in [0.25, 0.3) is 0 Å². The molecule has 1 fully saturated rings. The van der Waals surface area contributed by atoms with E-state index in [0.717, 1.165) is 17.0 Å². The molecule has 5 nitrogen and oxygen atoms in total. The van der Waals surface area contributed by atoms with E-state index in [1.165, 1.54) is 12.1 Å². The van der Waals surface area contributed by atoms with Crippen molar-refractivity contribution < 1.29 is 18.7 Å². The number of aromatic amines is 1. The number of halogens is 1. The number of rotatable bonds is 5. The van der Waals surface area contributed by atoms with E-state index in [9.17, 15) is 14.0 Å². The number of aromatic nitrogens is 1. The van der Waals surface area contributed by atoms with Gasteiger partial charge in [-0.15, -0.1) is 0 Å². The van der Waals surface area contributed by atoms with Crippen LogP contribution in [0.15, 0.2) is 24.4 Å². The van der Waals surface area contributed by atoms with Gasteiger partial charge in [0.05, 0.1) is 13.0 Å². The average molecular weight is 364 g/mol. The predicted molar refractivity (Wildman–Crippen MR) is 96.0 cm³/mol. The molecule has 0 aliphatic carbocycles. The Kier molecular flexibility index (Phi) is 5.32. The van der Waals surface area contributed by atoms with Gasteiger partial charge in [-0.2, -0.15) is 11.8 Å². The van der Waals surface area contributed by atoms with Crippen LogP contribution in [0.4, 0.5) is 4.39 Å². The highest BCUT2D eigenvalue weighted by atomic mass is 32.2. The van der Waals surface area contributed by atoms with Gasteiger partial charge in [0, 0.05) is 17.1 Å². The molecule has 7 heteroatoms. The van der Waals surface area contributed by atoms with E-state index in [-0.39, 0.29) is 30.7 Å². The van der Waals surface area contributed by atoms with Crippen LogP contribution in [-0.4, -0.2) is 40.5 Å². The summed E-state index contributed by atoms with van der Waals surface area (Å²) in [6.07, 6.45) is 2.91. The Bertz CT molecular complexity index is 784. The molecule has 0 spiro atoms. The number of thioether (sulfide) groups is 1. The monoisotopic (exact) mass is 364 g/mol. The molecule has 0 atom stereocenters. The number of amides is 1. The summed E-state index contributed by atoms with van der Waals surface area (Å²) in [4.78, 5) is 28.0. The first-order valence-corrected chi connectivity index (χ1v) is 9.51. The summed E-state index contributed by atoms with van der Waals surface area (Å²) < 4.78 is 18.7. The van der Waals surface area contributed by atoms with Crippen molar-refractivity contribution >= 4 is 34.5 Å². The average Bonchev–Trinajstić information content (AvgIpc) is 2.98. The summed E-state index contributed by atoms with van der Waals surface area (Å²) in [6.45, 7) is 2.04. The van der Waals surface area contributed by atoms with Gasteiger partial charge in [0.15, 0.2) is 0 Å². The summed E-state index contributed by atoms with van der Waals surface area (Å²) in [6, 6.07) is 4.43. The third-order valence-corrected chi connectivity index (χ3v) is 5.46. The predicted octanol–water partition coefficient (Wildman–Crippen LogP) is 2.79. The van der Waals surface area contributed by atoms with Gasteiger partial charge in [-0.3, -0.25) is 4.79 Å². The molecule has 0 radical (unpaired) electrons. The lowest BCUT2D eigenvalue weighted by Crippen LogP contribution is -2.57. The maximum atomic E-state index is 13.5. The highest BCUT2D eigenvalue weighted by molar-refractivity contribution is 7.99. The van der Waals surface area contributed by atoms with E-state index in [1.54, 1.807) is 30.9 Å². The number of hydrogen-bond donors (Lipinski definition) is 2. The van der Waals surface area contributed by atoms with Crippen molar-refractivity contribution in [1.29, 1.82) is 0 Å². The lowest BCUT2D eigenvalue weighted by molar-refractivity contribution is -0.153.